The van der Waals surface area contributed by atoms with Gasteiger partial charge >= 0.3 is 0 Å². The third-order valence-electron chi connectivity index (χ3n) is 1.76. The van der Waals surface area contributed by atoms with Crippen molar-refractivity contribution < 1.29 is 4.79 Å². The molecular weight excluding hydrogens is 244 g/mol. The van der Waals surface area contributed by atoms with Gasteiger partial charge in [-0.3, -0.25) is 4.79 Å². The Morgan fingerprint density at radius 2 is 2.07 bits per heavy atom. The SMILES string of the molecule is CC(CC(N)=O)Nc1ccc(Br)cc1. The van der Waals surface area contributed by atoms with E-state index in [-0.39, 0.29) is 11.9 Å². The van der Waals surface area contributed by atoms with Crippen LogP contribution in [-0.2, 0) is 4.79 Å². The van der Waals surface area contributed by atoms with Gasteiger partial charge in [0.25, 0.3) is 0 Å². The molecule has 0 aliphatic carbocycles. The number of benzene rings is 1. The summed E-state index contributed by atoms with van der Waals surface area (Å²) in [5, 5.41) is 3.18. The van der Waals surface area contributed by atoms with E-state index in [9.17, 15) is 4.79 Å². The number of hydrogen-bond acceptors (Lipinski definition) is 2. The number of rotatable bonds is 4. The number of carbonyl (C=O) groups is 1. The zero-order valence-electron chi connectivity index (χ0n) is 7.96. The molecule has 1 aromatic carbocycles. The van der Waals surface area contributed by atoms with Crippen molar-refractivity contribution in [3.63, 3.8) is 0 Å². The van der Waals surface area contributed by atoms with Crippen LogP contribution < -0.4 is 11.1 Å². The molecule has 0 saturated carbocycles. The molecule has 0 fully saturated rings. The molecule has 1 atom stereocenters. The smallest absolute Gasteiger partial charge is 0.219 e. The van der Waals surface area contributed by atoms with Crippen LogP contribution in [-0.4, -0.2) is 11.9 Å². The van der Waals surface area contributed by atoms with E-state index >= 15 is 0 Å². The molecule has 0 spiro atoms. The number of carbonyl (C=O) groups excluding carboxylic acids is 1. The number of amides is 1. The molecule has 0 bridgehead atoms. The van der Waals surface area contributed by atoms with Gasteiger partial charge in [-0.25, -0.2) is 0 Å². The summed E-state index contributed by atoms with van der Waals surface area (Å²) in [6.45, 7) is 1.92. The summed E-state index contributed by atoms with van der Waals surface area (Å²) >= 11 is 3.35. The van der Waals surface area contributed by atoms with E-state index in [2.05, 4.69) is 21.2 Å². The van der Waals surface area contributed by atoms with Gasteiger partial charge in [-0.2, -0.15) is 0 Å². The highest BCUT2D eigenvalue weighted by Crippen LogP contribution is 2.15. The molecule has 0 aliphatic heterocycles. The van der Waals surface area contributed by atoms with E-state index in [1.54, 1.807) is 0 Å². The average molecular weight is 257 g/mol. The van der Waals surface area contributed by atoms with Crippen molar-refractivity contribution in [1.82, 2.24) is 0 Å². The zero-order chi connectivity index (χ0) is 10.6. The second-order valence-corrected chi connectivity index (χ2v) is 4.14. The highest BCUT2D eigenvalue weighted by molar-refractivity contribution is 9.10. The number of primary amides is 1. The van der Waals surface area contributed by atoms with Crippen LogP contribution in [0.5, 0.6) is 0 Å². The van der Waals surface area contributed by atoms with Crippen LogP contribution in [0.15, 0.2) is 28.7 Å². The Balaban J connectivity index is 2.51. The largest absolute Gasteiger partial charge is 0.382 e. The van der Waals surface area contributed by atoms with Gasteiger partial charge in [-0.05, 0) is 31.2 Å². The molecule has 1 amide bonds. The minimum Gasteiger partial charge on any atom is -0.382 e. The van der Waals surface area contributed by atoms with Crippen LogP contribution in [0, 0.1) is 0 Å². The summed E-state index contributed by atoms with van der Waals surface area (Å²) in [5.41, 5.74) is 6.07. The predicted molar refractivity (Wildman–Crippen MR) is 61.0 cm³/mol. The van der Waals surface area contributed by atoms with Gasteiger partial charge in [0.05, 0.1) is 0 Å². The molecule has 3 nitrogen and oxygen atoms in total. The number of hydrogen-bond donors (Lipinski definition) is 2. The summed E-state index contributed by atoms with van der Waals surface area (Å²) in [6, 6.07) is 7.84. The van der Waals surface area contributed by atoms with Gasteiger partial charge < -0.3 is 11.1 Å². The molecule has 1 rings (SSSR count). The molecule has 76 valence electrons. The lowest BCUT2D eigenvalue weighted by molar-refractivity contribution is -0.118. The maximum absolute atomic E-state index is 10.6. The van der Waals surface area contributed by atoms with E-state index in [1.807, 2.05) is 31.2 Å². The monoisotopic (exact) mass is 256 g/mol. The first kappa shape index (κ1) is 11.0. The number of nitrogens with one attached hydrogen (secondary N) is 1. The normalized spacial score (nSPS) is 12.1. The molecule has 4 heteroatoms. The Morgan fingerprint density at radius 3 is 2.57 bits per heavy atom. The van der Waals surface area contributed by atoms with E-state index in [4.69, 9.17) is 5.73 Å². The highest BCUT2D eigenvalue weighted by Gasteiger charge is 2.04. The first-order valence-corrected chi connectivity index (χ1v) is 5.17. The molecule has 0 saturated heterocycles. The van der Waals surface area contributed by atoms with Crippen LogP contribution in [0.25, 0.3) is 0 Å². The maximum atomic E-state index is 10.6. The molecule has 14 heavy (non-hydrogen) atoms. The van der Waals surface area contributed by atoms with Crippen LogP contribution in [0.1, 0.15) is 13.3 Å². The van der Waals surface area contributed by atoms with E-state index in [0.29, 0.717) is 6.42 Å². The van der Waals surface area contributed by atoms with Crippen molar-refractivity contribution in [2.75, 3.05) is 5.32 Å². The summed E-state index contributed by atoms with van der Waals surface area (Å²) in [7, 11) is 0. The summed E-state index contributed by atoms with van der Waals surface area (Å²) in [5.74, 6) is -0.290. The topological polar surface area (TPSA) is 55.1 Å². The standard InChI is InChI=1S/C10H13BrN2O/c1-7(6-10(12)14)13-9-4-2-8(11)3-5-9/h2-5,7,13H,6H2,1H3,(H2,12,14). The Bertz CT molecular complexity index is 310. The quantitative estimate of drug-likeness (QED) is 0.868. The summed E-state index contributed by atoms with van der Waals surface area (Å²) in [6.07, 6.45) is 0.343. The lowest BCUT2D eigenvalue weighted by Crippen LogP contribution is -2.23. The average Bonchev–Trinajstić information content (AvgIpc) is 2.07. The maximum Gasteiger partial charge on any atom is 0.219 e. The lowest BCUT2D eigenvalue weighted by Gasteiger charge is -2.13. The molecule has 0 aliphatic rings. The first-order valence-electron chi connectivity index (χ1n) is 4.38. The van der Waals surface area contributed by atoms with Gasteiger partial charge in [0, 0.05) is 22.6 Å². The fraction of sp³-hybridized carbons (Fsp3) is 0.300. The Morgan fingerprint density at radius 1 is 1.50 bits per heavy atom. The zero-order valence-corrected chi connectivity index (χ0v) is 9.54. The lowest BCUT2D eigenvalue weighted by atomic mass is 10.2. The van der Waals surface area contributed by atoms with Gasteiger partial charge in [0.1, 0.15) is 0 Å². The first-order chi connectivity index (χ1) is 6.58. The third-order valence-corrected chi connectivity index (χ3v) is 2.29. The van der Waals surface area contributed by atoms with E-state index < -0.39 is 0 Å². The van der Waals surface area contributed by atoms with Crippen molar-refractivity contribution in [1.29, 1.82) is 0 Å². The molecule has 0 heterocycles. The second kappa shape index (κ2) is 5.00. The van der Waals surface area contributed by atoms with Crippen molar-refractivity contribution in [2.45, 2.75) is 19.4 Å². The molecule has 3 N–H and O–H groups in total. The molecular formula is C10H13BrN2O. The third kappa shape index (κ3) is 3.79. The fourth-order valence-corrected chi connectivity index (χ4v) is 1.45. The molecule has 1 aromatic rings. The Kier molecular flexibility index (Phi) is 3.95. The van der Waals surface area contributed by atoms with Gasteiger partial charge in [-0.15, -0.1) is 0 Å². The molecule has 1 unspecified atom stereocenters. The van der Waals surface area contributed by atoms with Crippen molar-refractivity contribution >= 4 is 27.5 Å². The number of anilines is 1. The summed E-state index contributed by atoms with van der Waals surface area (Å²) in [4.78, 5) is 10.6. The van der Waals surface area contributed by atoms with Crippen LogP contribution in [0.3, 0.4) is 0 Å². The van der Waals surface area contributed by atoms with Crippen LogP contribution >= 0.6 is 15.9 Å². The van der Waals surface area contributed by atoms with Crippen LogP contribution in [0.4, 0.5) is 5.69 Å². The fourth-order valence-electron chi connectivity index (χ4n) is 1.18. The minimum atomic E-state index is -0.290. The highest BCUT2D eigenvalue weighted by atomic mass is 79.9. The van der Waals surface area contributed by atoms with Crippen LogP contribution in [0.2, 0.25) is 0 Å². The predicted octanol–water partition coefficient (Wildman–Crippen LogP) is 2.12. The number of nitrogens with two attached hydrogens (primary N) is 1. The van der Waals surface area contributed by atoms with Gasteiger partial charge in [0.15, 0.2) is 0 Å². The Hall–Kier alpha value is -1.03. The number of halogens is 1. The van der Waals surface area contributed by atoms with Crippen molar-refractivity contribution in [2.24, 2.45) is 5.73 Å². The van der Waals surface area contributed by atoms with E-state index in [0.717, 1.165) is 10.2 Å². The van der Waals surface area contributed by atoms with E-state index in [1.165, 1.54) is 0 Å². The molecule has 0 radical (unpaired) electrons. The second-order valence-electron chi connectivity index (χ2n) is 3.22. The Labute approximate surface area is 91.8 Å². The van der Waals surface area contributed by atoms with Gasteiger partial charge in [0.2, 0.25) is 5.91 Å². The minimum absolute atomic E-state index is 0.0636. The summed E-state index contributed by atoms with van der Waals surface area (Å²) < 4.78 is 1.03. The van der Waals surface area contributed by atoms with Gasteiger partial charge in [-0.1, -0.05) is 15.9 Å². The van der Waals surface area contributed by atoms with Crippen molar-refractivity contribution in [3.8, 4) is 0 Å². The molecule has 0 aromatic heterocycles. The van der Waals surface area contributed by atoms with Crippen molar-refractivity contribution in [3.05, 3.63) is 28.7 Å².